The second kappa shape index (κ2) is 5.82. The molecular weight excluding hydrogens is 274 g/mol. The fraction of sp³-hybridized carbons (Fsp3) is 0.167. The number of aryl methyl sites for hydroxylation is 1. The maximum atomic E-state index is 12.8. The number of fused-ring (bicyclic) bond motifs is 1. The summed E-state index contributed by atoms with van der Waals surface area (Å²) in [5, 5.41) is 10.3. The Balaban J connectivity index is 2.11. The standard InChI is InChI=1S/C18H15N3O/c1-2-21-12-15(13-7-3-4-9-17(13)21)18(22)14(11-19)16-8-5-6-10-20-16/h3-10,12,14H,2H2,1H3/t14-/m0/s1. The van der Waals surface area contributed by atoms with Crippen LogP contribution in [0.3, 0.4) is 0 Å². The molecule has 3 aromatic rings. The Kier molecular flexibility index (Phi) is 3.71. The zero-order valence-corrected chi connectivity index (χ0v) is 12.2. The van der Waals surface area contributed by atoms with Gasteiger partial charge in [-0.2, -0.15) is 5.26 Å². The number of carbonyl (C=O) groups is 1. The number of Topliss-reactive ketones (excluding diaryl/α,β-unsaturated/α-hetero) is 1. The van der Waals surface area contributed by atoms with Gasteiger partial charge in [-0.1, -0.05) is 24.3 Å². The number of nitriles is 1. The molecule has 108 valence electrons. The van der Waals surface area contributed by atoms with Gasteiger partial charge in [-0.15, -0.1) is 0 Å². The van der Waals surface area contributed by atoms with E-state index in [2.05, 4.69) is 11.1 Å². The molecule has 1 atom stereocenters. The zero-order chi connectivity index (χ0) is 15.5. The van der Waals surface area contributed by atoms with E-state index in [0.717, 1.165) is 17.4 Å². The van der Waals surface area contributed by atoms with Crippen molar-refractivity contribution in [2.45, 2.75) is 19.4 Å². The fourth-order valence-corrected chi connectivity index (χ4v) is 2.67. The third-order valence-electron chi connectivity index (χ3n) is 3.77. The zero-order valence-electron chi connectivity index (χ0n) is 12.2. The van der Waals surface area contributed by atoms with Crippen molar-refractivity contribution in [1.82, 2.24) is 9.55 Å². The SMILES string of the molecule is CCn1cc(C(=O)[C@@H](C#N)c2ccccn2)c2ccccc21. The number of rotatable bonds is 4. The van der Waals surface area contributed by atoms with Crippen LogP contribution in [0.15, 0.2) is 54.9 Å². The predicted molar refractivity (Wildman–Crippen MR) is 84.5 cm³/mol. The Morgan fingerprint density at radius 2 is 2.05 bits per heavy atom. The summed E-state index contributed by atoms with van der Waals surface area (Å²) in [6.07, 6.45) is 3.43. The highest BCUT2D eigenvalue weighted by molar-refractivity contribution is 6.11. The Morgan fingerprint density at radius 1 is 1.27 bits per heavy atom. The normalized spacial score (nSPS) is 12.0. The quantitative estimate of drug-likeness (QED) is 0.690. The predicted octanol–water partition coefficient (Wildman–Crippen LogP) is 3.55. The smallest absolute Gasteiger partial charge is 0.188 e. The Labute approximate surface area is 128 Å². The first-order valence-corrected chi connectivity index (χ1v) is 7.19. The lowest BCUT2D eigenvalue weighted by Gasteiger charge is -2.06. The average Bonchev–Trinajstić information content (AvgIpc) is 2.95. The minimum atomic E-state index is -0.877. The maximum absolute atomic E-state index is 12.8. The third kappa shape index (κ3) is 2.27. The first-order valence-electron chi connectivity index (χ1n) is 7.19. The van der Waals surface area contributed by atoms with Crippen molar-refractivity contribution in [3.05, 3.63) is 66.1 Å². The van der Waals surface area contributed by atoms with Crippen molar-refractivity contribution >= 4 is 16.7 Å². The lowest BCUT2D eigenvalue weighted by Crippen LogP contribution is -2.12. The van der Waals surface area contributed by atoms with Crippen LogP contribution in [0, 0.1) is 11.3 Å². The summed E-state index contributed by atoms with van der Waals surface area (Å²) in [7, 11) is 0. The summed E-state index contributed by atoms with van der Waals surface area (Å²) in [5.74, 6) is -1.08. The average molecular weight is 289 g/mol. The van der Waals surface area contributed by atoms with E-state index in [4.69, 9.17) is 0 Å². The second-order valence-corrected chi connectivity index (χ2v) is 5.03. The van der Waals surface area contributed by atoms with Crippen molar-refractivity contribution < 1.29 is 4.79 Å². The van der Waals surface area contributed by atoms with Crippen LogP contribution in [0.5, 0.6) is 0 Å². The van der Waals surface area contributed by atoms with Crippen molar-refractivity contribution in [3.8, 4) is 6.07 Å². The first-order chi connectivity index (χ1) is 10.8. The van der Waals surface area contributed by atoms with E-state index in [-0.39, 0.29) is 5.78 Å². The van der Waals surface area contributed by atoms with Crippen LogP contribution in [0.1, 0.15) is 28.9 Å². The molecule has 0 unspecified atom stereocenters. The van der Waals surface area contributed by atoms with Gasteiger partial charge in [-0.3, -0.25) is 9.78 Å². The molecule has 0 radical (unpaired) electrons. The molecule has 0 aliphatic rings. The largest absolute Gasteiger partial charge is 0.347 e. The summed E-state index contributed by atoms with van der Waals surface area (Å²) < 4.78 is 2.02. The molecule has 0 fully saturated rings. The minimum Gasteiger partial charge on any atom is -0.347 e. The van der Waals surface area contributed by atoms with Crippen molar-refractivity contribution in [2.24, 2.45) is 0 Å². The Morgan fingerprint density at radius 3 is 2.73 bits per heavy atom. The molecule has 0 aliphatic heterocycles. The molecule has 0 aliphatic carbocycles. The highest BCUT2D eigenvalue weighted by Crippen LogP contribution is 2.26. The van der Waals surface area contributed by atoms with Crippen LogP contribution >= 0.6 is 0 Å². The van der Waals surface area contributed by atoms with Crippen molar-refractivity contribution in [3.63, 3.8) is 0 Å². The van der Waals surface area contributed by atoms with E-state index in [1.807, 2.05) is 42.0 Å². The lowest BCUT2D eigenvalue weighted by atomic mass is 9.95. The summed E-state index contributed by atoms with van der Waals surface area (Å²) in [6, 6.07) is 15.1. The number of hydrogen-bond donors (Lipinski definition) is 0. The van der Waals surface area contributed by atoms with Crippen LogP contribution in [-0.2, 0) is 6.54 Å². The van der Waals surface area contributed by atoms with Crippen LogP contribution in [0.25, 0.3) is 10.9 Å². The molecule has 0 bridgehead atoms. The number of aromatic nitrogens is 2. The van der Waals surface area contributed by atoms with Crippen LogP contribution < -0.4 is 0 Å². The van der Waals surface area contributed by atoms with Gasteiger partial charge in [-0.05, 0) is 25.1 Å². The van der Waals surface area contributed by atoms with Gasteiger partial charge in [0.25, 0.3) is 0 Å². The van der Waals surface area contributed by atoms with E-state index in [1.54, 1.807) is 24.4 Å². The number of benzene rings is 1. The Hall–Kier alpha value is -2.93. The number of pyridine rings is 1. The number of para-hydroxylation sites is 1. The molecule has 0 amide bonds. The molecule has 2 heterocycles. The number of carbonyl (C=O) groups excluding carboxylic acids is 1. The van der Waals surface area contributed by atoms with E-state index >= 15 is 0 Å². The molecule has 0 saturated carbocycles. The molecule has 2 aromatic heterocycles. The van der Waals surface area contributed by atoms with Crippen LogP contribution in [0.2, 0.25) is 0 Å². The molecule has 1 aromatic carbocycles. The maximum Gasteiger partial charge on any atom is 0.188 e. The summed E-state index contributed by atoms with van der Waals surface area (Å²) in [6.45, 7) is 2.80. The molecule has 0 N–H and O–H groups in total. The van der Waals surface area contributed by atoms with E-state index in [9.17, 15) is 10.1 Å². The molecular formula is C18H15N3O. The second-order valence-electron chi connectivity index (χ2n) is 5.03. The molecule has 0 spiro atoms. The van der Waals surface area contributed by atoms with Gasteiger partial charge >= 0.3 is 0 Å². The summed E-state index contributed by atoms with van der Waals surface area (Å²) >= 11 is 0. The Bertz CT molecular complexity index is 859. The van der Waals surface area contributed by atoms with Crippen molar-refractivity contribution in [2.75, 3.05) is 0 Å². The van der Waals surface area contributed by atoms with Gasteiger partial charge in [0.05, 0.1) is 11.8 Å². The van der Waals surface area contributed by atoms with Gasteiger partial charge < -0.3 is 4.57 Å². The lowest BCUT2D eigenvalue weighted by molar-refractivity contribution is 0.0979. The van der Waals surface area contributed by atoms with Crippen molar-refractivity contribution in [1.29, 1.82) is 5.26 Å². The summed E-state index contributed by atoms with van der Waals surface area (Å²) in [4.78, 5) is 17.0. The monoisotopic (exact) mass is 289 g/mol. The molecule has 4 heteroatoms. The number of nitrogens with zero attached hydrogens (tertiary/aromatic N) is 3. The molecule has 0 saturated heterocycles. The molecule has 4 nitrogen and oxygen atoms in total. The highest BCUT2D eigenvalue weighted by atomic mass is 16.1. The first kappa shape index (κ1) is 14.0. The fourth-order valence-electron chi connectivity index (χ4n) is 2.67. The highest BCUT2D eigenvalue weighted by Gasteiger charge is 2.25. The van der Waals surface area contributed by atoms with Gasteiger partial charge in [0, 0.05) is 35.4 Å². The van der Waals surface area contributed by atoms with Crippen LogP contribution in [-0.4, -0.2) is 15.3 Å². The third-order valence-corrected chi connectivity index (χ3v) is 3.77. The van der Waals surface area contributed by atoms with Gasteiger partial charge in [0.1, 0.15) is 0 Å². The van der Waals surface area contributed by atoms with E-state index in [0.29, 0.717) is 11.3 Å². The number of ketones is 1. The van der Waals surface area contributed by atoms with Crippen LogP contribution in [0.4, 0.5) is 0 Å². The molecule has 3 rings (SSSR count). The van der Waals surface area contributed by atoms with Gasteiger partial charge in [-0.25, -0.2) is 0 Å². The summed E-state index contributed by atoms with van der Waals surface area (Å²) in [5.41, 5.74) is 2.07. The minimum absolute atomic E-state index is 0.204. The topological polar surface area (TPSA) is 58.7 Å². The van der Waals surface area contributed by atoms with Gasteiger partial charge in [0.2, 0.25) is 0 Å². The number of hydrogen-bond acceptors (Lipinski definition) is 3. The van der Waals surface area contributed by atoms with Gasteiger partial charge in [0.15, 0.2) is 11.7 Å². The molecule has 22 heavy (non-hydrogen) atoms. The van der Waals surface area contributed by atoms with E-state index < -0.39 is 5.92 Å². The van der Waals surface area contributed by atoms with E-state index in [1.165, 1.54) is 0 Å².